The van der Waals surface area contributed by atoms with Gasteiger partial charge in [0.15, 0.2) is 0 Å². The molecule has 1 aliphatic rings. The Balaban J connectivity index is 2.46. The zero-order valence-electron chi connectivity index (χ0n) is 11.5. The number of carboxylic acids is 1. The van der Waals surface area contributed by atoms with Gasteiger partial charge < -0.3 is 9.84 Å². The molecule has 0 atom stereocenters. The molecule has 0 aromatic heterocycles. The standard InChI is InChI=1S/C13H16BrNO5S/c1-9-11(13(16)17)7-10(8-12(9)14)21(18,19)15-3-2-5-20-6-4-15/h7-8H,2-6H2,1H3,(H,16,17). The largest absolute Gasteiger partial charge is 0.478 e. The van der Waals surface area contributed by atoms with Crippen molar-refractivity contribution in [3.8, 4) is 0 Å². The summed E-state index contributed by atoms with van der Waals surface area (Å²) < 4.78 is 32.3. The van der Waals surface area contributed by atoms with Gasteiger partial charge in [0.25, 0.3) is 0 Å². The minimum absolute atomic E-state index is 0.0146. The molecule has 1 heterocycles. The highest BCUT2D eigenvalue weighted by Crippen LogP contribution is 2.27. The van der Waals surface area contributed by atoms with Gasteiger partial charge in [0.2, 0.25) is 10.0 Å². The molecule has 1 aromatic rings. The van der Waals surface area contributed by atoms with E-state index in [1.54, 1.807) is 6.92 Å². The second kappa shape index (κ2) is 6.43. The van der Waals surface area contributed by atoms with E-state index in [2.05, 4.69) is 15.9 Å². The molecule has 0 spiro atoms. The normalized spacial score (nSPS) is 17.4. The maximum atomic E-state index is 12.6. The van der Waals surface area contributed by atoms with Crippen molar-refractivity contribution in [1.82, 2.24) is 4.31 Å². The fourth-order valence-electron chi connectivity index (χ4n) is 2.14. The number of aromatic carboxylic acids is 1. The molecule has 0 aliphatic carbocycles. The Labute approximate surface area is 131 Å². The number of carboxylic acid groups (broad SMARTS) is 1. The number of ether oxygens (including phenoxy) is 1. The van der Waals surface area contributed by atoms with Crippen molar-refractivity contribution in [1.29, 1.82) is 0 Å². The van der Waals surface area contributed by atoms with E-state index >= 15 is 0 Å². The molecular formula is C13H16BrNO5S. The number of hydrogen-bond acceptors (Lipinski definition) is 4. The molecule has 0 bridgehead atoms. The van der Waals surface area contributed by atoms with E-state index in [1.807, 2.05) is 0 Å². The van der Waals surface area contributed by atoms with Crippen molar-refractivity contribution in [3.63, 3.8) is 0 Å². The van der Waals surface area contributed by atoms with E-state index in [0.29, 0.717) is 36.2 Å². The minimum Gasteiger partial charge on any atom is -0.478 e. The van der Waals surface area contributed by atoms with Crippen LogP contribution < -0.4 is 0 Å². The van der Waals surface area contributed by atoms with E-state index in [1.165, 1.54) is 16.4 Å². The Kier molecular flexibility index (Phi) is 5.03. The molecule has 1 fully saturated rings. The van der Waals surface area contributed by atoms with Crippen LogP contribution in [0.5, 0.6) is 0 Å². The molecule has 2 rings (SSSR count). The summed E-state index contributed by atoms with van der Waals surface area (Å²) in [7, 11) is -3.72. The molecule has 8 heteroatoms. The van der Waals surface area contributed by atoms with Gasteiger partial charge in [0.05, 0.1) is 17.1 Å². The summed E-state index contributed by atoms with van der Waals surface area (Å²) in [5.74, 6) is -1.15. The highest BCUT2D eigenvalue weighted by Gasteiger charge is 2.27. The first-order valence-electron chi connectivity index (χ1n) is 6.45. The first-order valence-corrected chi connectivity index (χ1v) is 8.68. The first-order chi connectivity index (χ1) is 9.84. The highest BCUT2D eigenvalue weighted by molar-refractivity contribution is 9.10. The molecule has 0 unspecified atom stereocenters. The van der Waals surface area contributed by atoms with E-state index < -0.39 is 16.0 Å². The molecule has 1 aromatic carbocycles. The van der Waals surface area contributed by atoms with Gasteiger partial charge in [-0.05, 0) is 31.0 Å². The number of hydrogen-bond donors (Lipinski definition) is 1. The third kappa shape index (κ3) is 3.45. The zero-order chi connectivity index (χ0) is 15.6. The lowest BCUT2D eigenvalue weighted by atomic mass is 10.1. The lowest BCUT2D eigenvalue weighted by Gasteiger charge is -2.20. The zero-order valence-corrected chi connectivity index (χ0v) is 13.9. The van der Waals surface area contributed by atoms with Gasteiger partial charge in [0.1, 0.15) is 0 Å². The minimum atomic E-state index is -3.72. The molecule has 0 radical (unpaired) electrons. The third-order valence-corrected chi connectivity index (χ3v) is 6.07. The number of halogens is 1. The monoisotopic (exact) mass is 377 g/mol. The van der Waals surface area contributed by atoms with Crippen molar-refractivity contribution >= 4 is 31.9 Å². The number of rotatable bonds is 3. The SMILES string of the molecule is Cc1c(Br)cc(S(=O)(=O)N2CCCOCC2)cc1C(=O)O. The van der Waals surface area contributed by atoms with Crippen LogP contribution in [0.2, 0.25) is 0 Å². The summed E-state index contributed by atoms with van der Waals surface area (Å²) in [6.07, 6.45) is 0.623. The number of sulfonamides is 1. The lowest BCUT2D eigenvalue weighted by molar-refractivity contribution is 0.0695. The summed E-state index contributed by atoms with van der Waals surface area (Å²) >= 11 is 3.23. The van der Waals surface area contributed by atoms with Crippen LogP contribution in [0, 0.1) is 6.92 Å². The van der Waals surface area contributed by atoms with Crippen molar-refractivity contribution < 1.29 is 23.1 Å². The van der Waals surface area contributed by atoms with Crippen LogP contribution in [-0.4, -0.2) is 50.1 Å². The Morgan fingerprint density at radius 2 is 2.05 bits per heavy atom. The van der Waals surface area contributed by atoms with Gasteiger partial charge in [-0.1, -0.05) is 15.9 Å². The topological polar surface area (TPSA) is 83.9 Å². The highest BCUT2D eigenvalue weighted by atomic mass is 79.9. The maximum absolute atomic E-state index is 12.6. The second-order valence-electron chi connectivity index (χ2n) is 4.75. The van der Waals surface area contributed by atoms with Crippen LogP contribution >= 0.6 is 15.9 Å². The van der Waals surface area contributed by atoms with Crippen LogP contribution in [0.15, 0.2) is 21.5 Å². The number of benzene rings is 1. The van der Waals surface area contributed by atoms with Crippen molar-refractivity contribution in [2.75, 3.05) is 26.3 Å². The predicted molar refractivity (Wildman–Crippen MR) is 80.0 cm³/mol. The lowest BCUT2D eigenvalue weighted by Crippen LogP contribution is -2.33. The second-order valence-corrected chi connectivity index (χ2v) is 7.55. The van der Waals surface area contributed by atoms with Gasteiger partial charge in [-0.3, -0.25) is 0 Å². The summed E-state index contributed by atoms with van der Waals surface area (Å²) in [5, 5.41) is 9.19. The molecule has 116 valence electrons. The summed E-state index contributed by atoms with van der Waals surface area (Å²) in [6, 6.07) is 2.66. The predicted octanol–water partition coefficient (Wildman–Crippen LogP) is 1.87. The quantitative estimate of drug-likeness (QED) is 0.868. The summed E-state index contributed by atoms with van der Waals surface area (Å²) in [4.78, 5) is 11.2. The van der Waals surface area contributed by atoms with Crippen LogP contribution in [0.25, 0.3) is 0 Å². The molecule has 1 aliphatic heterocycles. The van der Waals surface area contributed by atoms with E-state index in [-0.39, 0.29) is 17.0 Å². The van der Waals surface area contributed by atoms with E-state index in [9.17, 15) is 18.3 Å². The fourth-order valence-corrected chi connectivity index (χ4v) is 4.27. The molecule has 21 heavy (non-hydrogen) atoms. The third-order valence-electron chi connectivity index (χ3n) is 3.37. The average molecular weight is 378 g/mol. The maximum Gasteiger partial charge on any atom is 0.336 e. The average Bonchev–Trinajstić information content (AvgIpc) is 2.70. The fraction of sp³-hybridized carbons (Fsp3) is 0.462. The molecule has 0 saturated carbocycles. The molecule has 1 N–H and O–H groups in total. The van der Waals surface area contributed by atoms with Gasteiger partial charge in [-0.25, -0.2) is 13.2 Å². The Hall–Kier alpha value is -0.960. The van der Waals surface area contributed by atoms with Crippen LogP contribution in [0.4, 0.5) is 0 Å². The Morgan fingerprint density at radius 3 is 2.71 bits per heavy atom. The Morgan fingerprint density at radius 1 is 1.33 bits per heavy atom. The van der Waals surface area contributed by atoms with Gasteiger partial charge in [-0.15, -0.1) is 0 Å². The van der Waals surface area contributed by atoms with Crippen LogP contribution in [0.3, 0.4) is 0 Å². The summed E-state index contributed by atoms with van der Waals surface area (Å²) in [5.41, 5.74) is 0.481. The van der Waals surface area contributed by atoms with Crippen LogP contribution in [0.1, 0.15) is 22.3 Å². The van der Waals surface area contributed by atoms with Gasteiger partial charge >= 0.3 is 5.97 Å². The summed E-state index contributed by atoms with van der Waals surface area (Å²) in [6.45, 7) is 3.15. The van der Waals surface area contributed by atoms with Crippen molar-refractivity contribution in [2.24, 2.45) is 0 Å². The van der Waals surface area contributed by atoms with E-state index in [0.717, 1.165) is 0 Å². The van der Waals surface area contributed by atoms with Crippen LogP contribution in [-0.2, 0) is 14.8 Å². The molecule has 1 saturated heterocycles. The van der Waals surface area contributed by atoms with E-state index in [4.69, 9.17) is 4.74 Å². The first kappa shape index (κ1) is 16.4. The van der Waals surface area contributed by atoms with Crippen molar-refractivity contribution in [3.05, 3.63) is 27.7 Å². The number of carbonyl (C=O) groups is 1. The molecule has 0 amide bonds. The number of nitrogens with zero attached hydrogens (tertiary/aromatic N) is 1. The Bertz CT molecular complexity index is 651. The van der Waals surface area contributed by atoms with Gasteiger partial charge in [-0.2, -0.15) is 4.31 Å². The van der Waals surface area contributed by atoms with Crippen molar-refractivity contribution in [2.45, 2.75) is 18.2 Å². The smallest absolute Gasteiger partial charge is 0.336 e. The molecular weight excluding hydrogens is 362 g/mol. The van der Waals surface area contributed by atoms with Gasteiger partial charge in [0, 0.05) is 24.2 Å². The molecule has 6 nitrogen and oxygen atoms in total.